The van der Waals surface area contributed by atoms with Gasteiger partial charge in [0.25, 0.3) is 10.0 Å². The minimum absolute atomic E-state index is 0.0405. The number of anilines is 2. The highest BCUT2D eigenvalue weighted by Gasteiger charge is 2.23. The zero-order chi connectivity index (χ0) is 21.2. The molecule has 3 rings (SSSR count). The number of sulfonamides is 1. The smallest absolute Gasteiger partial charge is 0.335 e. The van der Waals surface area contributed by atoms with Crippen LogP contribution in [0.25, 0.3) is 0 Å². The first-order chi connectivity index (χ1) is 13.7. The Balaban J connectivity index is 1.96. The van der Waals surface area contributed by atoms with E-state index in [0.29, 0.717) is 5.69 Å². The van der Waals surface area contributed by atoms with Crippen LogP contribution in [0.5, 0.6) is 0 Å². The molecule has 2 N–H and O–H groups in total. The van der Waals surface area contributed by atoms with E-state index in [1.165, 1.54) is 12.1 Å². The molecule has 1 heterocycles. The van der Waals surface area contributed by atoms with E-state index in [4.69, 9.17) is 0 Å². The molecule has 29 heavy (non-hydrogen) atoms. The molecule has 7 nitrogen and oxygen atoms in total. The van der Waals surface area contributed by atoms with Gasteiger partial charge >= 0.3 is 5.97 Å². The lowest BCUT2D eigenvalue weighted by molar-refractivity contribution is 0.0697. The highest BCUT2D eigenvalue weighted by molar-refractivity contribution is 7.92. The molecule has 1 saturated heterocycles. The first-order valence-corrected chi connectivity index (χ1v) is 11.1. The van der Waals surface area contributed by atoms with Crippen molar-refractivity contribution in [2.45, 2.75) is 25.7 Å². The average molecular weight is 418 g/mol. The van der Waals surface area contributed by atoms with Crippen LogP contribution >= 0.6 is 0 Å². The fourth-order valence-corrected chi connectivity index (χ4v) is 4.57. The molecular formula is C21H27N3O4S. The van der Waals surface area contributed by atoms with Crippen LogP contribution in [0.1, 0.15) is 28.4 Å². The van der Waals surface area contributed by atoms with E-state index < -0.39 is 16.0 Å². The lowest BCUT2D eigenvalue weighted by Crippen LogP contribution is -2.46. The lowest BCUT2D eigenvalue weighted by Gasteiger charge is -2.36. The molecule has 8 heteroatoms. The van der Waals surface area contributed by atoms with Crippen molar-refractivity contribution in [2.24, 2.45) is 0 Å². The van der Waals surface area contributed by atoms with Crippen LogP contribution in [-0.4, -0.2) is 57.1 Å². The van der Waals surface area contributed by atoms with E-state index in [2.05, 4.69) is 21.4 Å². The number of aromatic carboxylic acids is 1. The number of hydrogen-bond acceptors (Lipinski definition) is 5. The summed E-state index contributed by atoms with van der Waals surface area (Å²) in [6, 6.07) is 9.54. The van der Waals surface area contributed by atoms with Crippen molar-refractivity contribution >= 4 is 27.4 Å². The largest absolute Gasteiger partial charge is 0.478 e. The molecule has 0 atom stereocenters. The fraction of sp³-hybridized carbons (Fsp3) is 0.381. The number of nitrogens with zero attached hydrogens (tertiary/aromatic N) is 2. The van der Waals surface area contributed by atoms with Crippen molar-refractivity contribution in [1.29, 1.82) is 0 Å². The highest BCUT2D eigenvalue weighted by Crippen LogP contribution is 2.31. The zero-order valence-electron chi connectivity index (χ0n) is 17.0. The first-order valence-electron chi connectivity index (χ1n) is 9.66. The Hall–Kier alpha value is -2.58. The maximum atomic E-state index is 13.0. The van der Waals surface area contributed by atoms with Crippen LogP contribution in [0.4, 0.5) is 11.4 Å². The molecule has 1 aliphatic heterocycles. The molecule has 1 fully saturated rings. The predicted molar refractivity (Wildman–Crippen MR) is 114 cm³/mol. The zero-order valence-corrected chi connectivity index (χ0v) is 17.8. The second-order valence-corrected chi connectivity index (χ2v) is 8.99. The Morgan fingerprint density at radius 2 is 1.72 bits per heavy atom. The molecule has 1 aliphatic rings. The number of carbonyl (C=O) groups is 1. The molecule has 2 aromatic rings. The predicted octanol–water partition coefficient (Wildman–Crippen LogP) is 2.94. The van der Waals surface area contributed by atoms with Gasteiger partial charge in [0.15, 0.2) is 0 Å². The highest BCUT2D eigenvalue weighted by atomic mass is 32.2. The number of hydrogen-bond donors (Lipinski definition) is 2. The standard InChI is InChI=1S/C21H27N3O4S/c1-4-23-9-11-24(12-10-23)20-8-6-17(21(25)26)14-19(20)22-29(27,28)18-7-5-15(2)16(3)13-18/h5-8,13-14,22H,4,9-12H2,1-3H3,(H,25,26). The van der Waals surface area contributed by atoms with E-state index >= 15 is 0 Å². The first kappa shape index (κ1) is 21.1. The van der Waals surface area contributed by atoms with E-state index in [1.807, 2.05) is 13.8 Å². The molecule has 0 saturated carbocycles. The van der Waals surface area contributed by atoms with Gasteiger partial charge in [-0.2, -0.15) is 0 Å². The molecular weight excluding hydrogens is 390 g/mol. The van der Waals surface area contributed by atoms with Gasteiger partial charge in [0.05, 0.1) is 21.8 Å². The summed E-state index contributed by atoms with van der Waals surface area (Å²) < 4.78 is 28.6. The summed E-state index contributed by atoms with van der Waals surface area (Å²) in [5.74, 6) is -1.10. The second kappa shape index (κ2) is 8.42. The van der Waals surface area contributed by atoms with Gasteiger partial charge in [-0.25, -0.2) is 13.2 Å². The number of nitrogens with one attached hydrogen (secondary N) is 1. The van der Waals surface area contributed by atoms with Crippen molar-refractivity contribution in [2.75, 3.05) is 42.3 Å². The van der Waals surface area contributed by atoms with Crippen molar-refractivity contribution in [1.82, 2.24) is 4.90 Å². The number of aryl methyl sites for hydroxylation is 2. The number of benzene rings is 2. The van der Waals surface area contributed by atoms with Gasteiger partial charge in [-0.15, -0.1) is 0 Å². The number of piperazine rings is 1. The van der Waals surface area contributed by atoms with Gasteiger partial charge in [0, 0.05) is 26.2 Å². The van der Waals surface area contributed by atoms with Gasteiger partial charge in [0.2, 0.25) is 0 Å². The lowest BCUT2D eigenvalue weighted by atomic mass is 10.1. The molecule has 0 aliphatic carbocycles. The maximum absolute atomic E-state index is 13.0. The van der Waals surface area contributed by atoms with Gasteiger partial charge in [-0.05, 0) is 61.9 Å². The monoisotopic (exact) mass is 417 g/mol. The van der Waals surface area contributed by atoms with E-state index in [-0.39, 0.29) is 16.1 Å². The number of carboxylic acid groups (broad SMARTS) is 1. The molecule has 0 bridgehead atoms. The molecule has 0 spiro atoms. The van der Waals surface area contributed by atoms with Crippen molar-refractivity contribution in [3.8, 4) is 0 Å². The summed E-state index contributed by atoms with van der Waals surface area (Å²) in [6.07, 6.45) is 0. The Morgan fingerprint density at radius 3 is 2.31 bits per heavy atom. The summed E-state index contributed by atoms with van der Waals surface area (Å²) in [4.78, 5) is 16.0. The molecule has 156 valence electrons. The summed E-state index contributed by atoms with van der Waals surface area (Å²) >= 11 is 0. The number of likely N-dealkylation sites (N-methyl/N-ethyl adjacent to an activating group) is 1. The van der Waals surface area contributed by atoms with Crippen LogP contribution in [0, 0.1) is 13.8 Å². The third-order valence-corrected chi connectivity index (χ3v) is 6.80. The van der Waals surface area contributed by atoms with Gasteiger partial charge in [-0.1, -0.05) is 13.0 Å². The van der Waals surface area contributed by atoms with Gasteiger partial charge < -0.3 is 14.9 Å². The normalized spacial score (nSPS) is 15.3. The van der Waals surface area contributed by atoms with Crippen LogP contribution in [-0.2, 0) is 10.0 Å². The van der Waals surface area contributed by atoms with Crippen LogP contribution < -0.4 is 9.62 Å². The van der Waals surface area contributed by atoms with E-state index in [9.17, 15) is 18.3 Å². The summed E-state index contributed by atoms with van der Waals surface area (Å²) in [5.41, 5.74) is 2.90. The van der Waals surface area contributed by atoms with Crippen molar-refractivity contribution in [3.63, 3.8) is 0 Å². The quantitative estimate of drug-likeness (QED) is 0.751. The minimum atomic E-state index is -3.85. The second-order valence-electron chi connectivity index (χ2n) is 7.31. The maximum Gasteiger partial charge on any atom is 0.335 e. The minimum Gasteiger partial charge on any atom is -0.478 e. The molecule has 2 aromatic carbocycles. The Morgan fingerprint density at radius 1 is 1.03 bits per heavy atom. The Bertz CT molecular complexity index is 1010. The number of carboxylic acids is 1. The van der Waals surface area contributed by atoms with Gasteiger partial charge in [0.1, 0.15) is 0 Å². The van der Waals surface area contributed by atoms with Crippen LogP contribution in [0.3, 0.4) is 0 Å². The van der Waals surface area contributed by atoms with Crippen molar-refractivity contribution in [3.05, 3.63) is 53.1 Å². The van der Waals surface area contributed by atoms with Gasteiger partial charge in [-0.3, -0.25) is 4.72 Å². The van der Waals surface area contributed by atoms with E-state index in [0.717, 1.165) is 43.9 Å². The van der Waals surface area contributed by atoms with E-state index in [1.54, 1.807) is 24.3 Å². The Kier molecular flexibility index (Phi) is 6.14. The third-order valence-electron chi connectivity index (χ3n) is 5.44. The fourth-order valence-electron chi connectivity index (χ4n) is 3.42. The molecule has 0 aromatic heterocycles. The van der Waals surface area contributed by atoms with Crippen LogP contribution in [0.15, 0.2) is 41.3 Å². The van der Waals surface area contributed by atoms with Crippen molar-refractivity contribution < 1.29 is 18.3 Å². The topological polar surface area (TPSA) is 89.9 Å². The average Bonchev–Trinajstić information content (AvgIpc) is 2.69. The summed E-state index contributed by atoms with van der Waals surface area (Å²) in [7, 11) is -3.85. The summed E-state index contributed by atoms with van der Waals surface area (Å²) in [6.45, 7) is 10.1. The molecule has 0 radical (unpaired) electrons. The number of rotatable bonds is 6. The Labute approximate surface area is 172 Å². The SMILES string of the molecule is CCN1CCN(c2ccc(C(=O)O)cc2NS(=O)(=O)c2ccc(C)c(C)c2)CC1. The third kappa shape index (κ3) is 4.71. The van der Waals surface area contributed by atoms with Crippen LogP contribution in [0.2, 0.25) is 0 Å². The molecule has 0 amide bonds. The summed E-state index contributed by atoms with van der Waals surface area (Å²) in [5, 5.41) is 9.36. The molecule has 0 unspecified atom stereocenters.